The Kier molecular flexibility index (Phi) is 4.62. The van der Waals surface area contributed by atoms with Crippen molar-refractivity contribution in [2.24, 2.45) is 0 Å². The van der Waals surface area contributed by atoms with Crippen LogP contribution >= 0.6 is 15.9 Å². The van der Waals surface area contributed by atoms with E-state index in [1.165, 1.54) is 6.07 Å². The smallest absolute Gasteiger partial charge is 0.305 e. The van der Waals surface area contributed by atoms with Crippen molar-refractivity contribution in [2.45, 2.75) is 13.3 Å². The number of carbonyl (C=O) groups excluding carboxylic acids is 1. The lowest BCUT2D eigenvalue weighted by Crippen LogP contribution is -2.27. The molecule has 0 aliphatic carbocycles. The van der Waals surface area contributed by atoms with E-state index in [1.54, 1.807) is 13.0 Å². The van der Waals surface area contributed by atoms with Gasteiger partial charge in [-0.05, 0) is 34.5 Å². The maximum Gasteiger partial charge on any atom is 0.305 e. The van der Waals surface area contributed by atoms with Crippen LogP contribution in [0.5, 0.6) is 0 Å². The van der Waals surface area contributed by atoms with E-state index in [4.69, 9.17) is 5.11 Å². The molecule has 0 atom stereocenters. The number of amides is 1. The van der Waals surface area contributed by atoms with Crippen LogP contribution in [0.4, 0.5) is 4.39 Å². The summed E-state index contributed by atoms with van der Waals surface area (Å²) in [5, 5.41) is 10.8. The van der Waals surface area contributed by atoms with E-state index in [0.29, 0.717) is 4.47 Å². The lowest BCUT2D eigenvalue weighted by atomic mass is 10.1. The number of aryl methyl sites for hydroxylation is 1. The summed E-state index contributed by atoms with van der Waals surface area (Å²) >= 11 is 3.14. The highest BCUT2D eigenvalue weighted by atomic mass is 79.9. The molecule has 0 heterocycles. The van der Waals surface area contributed by atoms with Crippen LogP contribution in [0.1, 0.15) is 22.3 Å². The van der Waals surface area contributed by atoms with Gasteiger partial charge in [0, 0.05) is 11.0 Å². The molecule has 0 unspecified atom stereocenters. The van der Waals surface area contributed by atoms with Gasteiger partial charge in [0.25, 0.3) is 5.91 Å². The first-order chi connectivity index (χ1) is 7.93. The lowest BCUT2D eigenvalue weighted by molar-refractivity contribution is -0.136. The summed E-state index contributed by atoms with van der Waals surface area (Å²) in [6, 6.07) is 2.75. The highest BCUT2D eigenvalue weighted by Gasteiger charge is 2.16. The number of hydrogen-bond acceptors (Lipinski definition) is 2. The Bertz CT molecular complexity index is 462. The van der Waals surface area contributed by atoms with Gasteiger partial charge in [-0.25, -0.2) is 4.39 Å². The zero-order valence-corrected chi connectivity index (χ0v) is 10.7. The molecule has 0 bridgehead atoms. The number of carboxylic acid groups (broad SMARTS) is 1. The van der Waals surface area contributed by atoms with E-state index < -0.39 is 17.7 Å². The Labute approximate surface area is 106 Å². The molecule has 1 rings (SSSR count). The molecule has 2 N–H and O–H groups in total. The zero-order valence-electron chi connectivity index (χ0n) is 9.09. The molecule has 0 spiro atoms. The second-order valence-electron chi connectivity index (χ2n) is 3.45. The Hall–Kier alpha value is -1.43. The van der Waals surface area contributed by atoms with E-state index in [0.717, 1.165) is 5.56 Å². The van der Waals surface area contributed by atoms with Gasteiger partial charge in [0.2, 0.25) is 0 Å². The molecule has 0 radical (unpaired) electrons. The van der Waals surface area contributed by atoms with Gasteiger partial charge in [0.1, 0.15) is 5.82 Å². The number of nitrogens with one attached hydrogen (secondary N) is 1. The highest BCUT2D eigenvalue weighted by molar-refractivity contribution is 9.10. The fourth-order valence-electron chi connectivity index (χ4n) is 1.24. The van der Waals surface area contributed by atoms with Gasteiger partial charge in [0.05, 0.1) is 12.0 Å². The van der Waals surface area contributed by atoms with Gasteiger partial charge >= 0.3 is 5.97 Å². The number of benzene rings is 1. The molecule has 0 fully saturated rings. The summed E-state index contributed by atoms with van der Waals surface area (Å²) < 4.78 is 13.8. The van der Waals surface area contributed by atoms with Crippen LogP contribution in [-0.2, 0) is 4.79 Å². The molecule has 1 amide bonds. The monoisotopic (exact) mass is 303 g/mol. The first-order valence-electron chi connectivity index (χ1n) is 4.88. The molecule has 0 saturated heterocycles. The maximum atomic E-state index is 13.5. The fraction of sp³-hybridized carbons (Fsp3) is 0.273. The minimum absolute atomic E-state index is 0.0337. The van der Waals surface area contributed by atoms with E-state index in [1.807, 2.05) is 0 Å². The average molecular weight is 304 g/mol. The Balaban J connectivity index is 2.82. The standard InChI is InChI=1S/C11H11BrFNO3/c1-6-2-3-7(13)9(10(6)12)11(17)14-5-4-8(15)16/h2-3H,4-5H2,1H3,(H,14,17)(H,15,16). The summed E-state index contributed by atoms with van der Waals surface area (Å²) in [4.78, 5) is 21.9. The van der Waals surface area contributed by atoms with E-state index in [-0.39, 0.29) is 18.5 Å². The molecular weight excluding hydrogens is 293 g/mol. The number of hydrogen-bond donors (Lipinski definition) is 2. The summed E-state index contributed by atoms with van der Waals surface area (Å²) in [5.74, 6) is -2.29. The third-order valence-electron chi connectivity index (χ3n) is 2.14. The number of carboxylic acids is 1. The van der Waals surface area contributed by atoms with Crippen LogP contribution < -0.4 is 5.32 Å². The topological polar surface area (TPSA) is 66.4 Å². The van der Waals surface area contributed by atoms with Crippen LogP contribution in [0.2, 0.25) is 0 Å². The second-order valence-corrected chi connectivity index (χ2v) is 4.25. The van der Waals surface area contributed by atoms with Crippen molar-refractivity contribution in [3.8, 4) is 0 Å². The molecule has 1 aromatic carbocycles. The first-order valence-corrected chi connectivity index (χ1v) is 5.67. The van der Waals surface area contributed by atoms with Gasteiger partial charge < -0.3 is 10.4 Å². The van der Waals surface area contributed by atoms with E-state index >= 15 is 0 Å². The van der Waals surface area contributed by atoms with Crippen LogP contribution in [-0.4, -0.2) is 23.5 Å². The Morgan fingerprint density at radius 2 is 2.12 bits per heavy atom. The average Bonchev–Trinajstić information content (AvgIpc) is 2.23. The molecule has 17 heavy (non-hydrogen) atoms. The van der Waals surface area contributed by atoms with Crippen molar-refractivity contribution in [1.82, 2.24) is 5.32 Å². The van der Waals surface area contributed by atoms with Crippen molar-refractivity contribution in [2.75, 3.05) is 6.54 Å². The van der Waals surface area contributed by atoms with Crippen LogP contribution in [0.3, 0.4) is 0 Å². The van der Waals surface area contributed by atoms with Crippen molar-refractivity contribution >= 4 is 27.8 Å². The number of aliphatic carboxylic acids is 1. The van der Waals surface area contributed by atoms with Crippen molar-refractivity contribution < 1.29 is 19.1 Å². The third-order valence-corrected chi connectivity index (χ3v) is 3.16. The maximum absolute atomic E-state index is 13.5. The van der Waals surface area contributed by atoms with Crippen molar-refractivity contribution in [3.63, 3.8) is 0 Å². The quantitative estimate of drug-likeness (QED) is 0.895. The predicted molar refractivity (Wildman–Crippen MR) is 63.4 cm³/mol. The van der Waals surface area contributed by atoms with Crippen LogP contribution in [0.25, 0.3) is 0 Å². The normalized spacial score (nSPS) is 10.1. The Morgan fingerprint density at radius 1 is 1.47 bits per heavy atom. The molecular formula is C11H11BrFNO3. The first kappa shape index (κ1) is 13.6. The SMILES string of the molecule is Cc1ccc(F)c(C(=O)NCCC(=O)O)c1Br. The van der Waals surface area contributed by atoms with E-state index in [2.05, 4.69) is 21.2 Å². The molecule has 1 aromatic rings. The summed E-state index contributed by atoms with van der Waals surface area (Å²) in [7, 11) is 0. The second kappa shape index (κ2) is 5.77. The molecule has 0 aromatic heterocycles. The molecule has 0 aliphatic heterocycles. The van der Waals surface area contributed by atoms with Crippen LogP contribution in [0, 0.1) is 12.7 Å². The molecule has 6 heteroatoms. The summed E-state index contributed by atoms with van der Waals surface area (Å²) in [5.41, 5.74) is 0.630. The van der Waals surface area contributed by atoms with Crippen molar-refractivity contribution in [1.29, 1.82) is 0 Å². The largest absolute Gasteiger partial charge is 0.481 e. The molecule has 92 valence electrons. The minimum atomic E-state index is -1.02. The zero-order chi connectivity index (χ0) is 13.0. The lowest BCUT2D eigenvalue weighted by Gasteiger charge is -2.08. The van der Waals surface area contributed by atoms with Crippen LogP contribution in [0.15, 0.2) is 16.6 Å². The third kappa shape index (κ3) is 3.52. The predicted octanol–water partition coefficient (Wildman–Crippen LogP) is 2.10. The Morgan fingerprint density at radius 3 is 2.71 bits per heavy atom. The van der Waals surface area contributed by atoms with Gasteiger partial charge in [-0.15, -0.1) is 0 Å². The van der Waals surface area contributed by atoms with E-state index in [9.17, 15) is 14.0 Å². The summed E-state index contributed by atoms with van der Waals surface area (Å²) in [6.45, 7) is 1.70. The number of carbonyl (C=O) groups is 2. The number of rotatable bonds is 4. The van der Waals surface area contributed by atoms with Gasteiger partial charge in [-0.3, -0.25) is 9.59 Å². The van der Waals surface area contributed by atoms with Gasteiger partial charge in [0.15, 0.2) is 0 Å². The minimum Gasteiger partial charge on any atom is -0.481 e. The van der Waals surface area contributed by atoms with Gasteiger partial charge in [-0.1, -0.05) is 6.07 Å². The molecule has 0 saturated carbocycles. The fourth-order valence-corrected chi connectivity index (χ4v) is 1.74. The van der Waals surface area contributed by atoms with Crippen molar-refractivity contribution in [3.05, 3.63) is 33.5 Å². The molecule has 0 aliphatic rings. The summed E-state index contributed by atoms with van der Waals surface area (Å²) in [6.07, 6.45) is -0.198. The van der Waals surface area contributed by atoms with Gasteiger partial charge in [-0.2, -0.15) is 0 Å². The highest BCUT2D eigenvalue weighted by Crippen LogP contribution is 2.23. The number of halogens is 2. The molecule has 4 nitrogen and oxygen atoms in total.